The van der Waals surface area contributed by atoms with E-state index in [1.165, 1.54) is 0 Å². The van der Waals surface area contributed by atoms with Gasteiger partial charge in [0.15, 0.2) is 5.65 Å². The predicted molar refractivity (Wildman–Crippen MR) is 88.2 cm³/mol. The molecule has 2 heterocycles. The Kier molecular flexibility index (Phi) is 4.27. The molecule has 0 aliphatic carbocycles. The van der Waals surface area contributed by atoms with E-state index < -0.39 is 0 Å². The number of benzene rings is 1. The van der Waals surface area contributed by atoms with Crippen molar-refractivity contribution in [1.29, 1.82) is 0 Å². The van der Waals surface area contributed by atoms with Crippen LogP contribution in [0, 0.1) is 0 Å². The zero-order valence-electron chi connectivity index (χ0n) is 12.2. The minimum absolute atomic E-state index is 0.0110. The Morgan fingerprint density at radius 1 is 1.32 bits per heavy atom. The molecule has 0 aliphatic rings. The van der Waals surface area contributed by atoms with Gasteiger partial charge in [0.05, 0.1) is 24.5 Å². The van der Waals surface area contributed by atoms with Crippen molar-refractivity contribution in [2.75, 3.05) is 11.9 Å². The van der Waals surface area contributed by atoms with Gasteiger partial charge < -0.3 is 10.4 Å². The number of aliphatic hydroxyl groups is 1. The number of hydrogen-bond donors (Lipinski definition) is 2. The van der Waals surface area contributed by atoms with Crippen LogP contribution in [0.4, 0.5) is 5.82 Å². The first-order valence-electron chi connectivity index (χ1n) is 7.19. The van der Waals surface area contributed by atoms with Crippen LogP contribution in [0.2, 0.25) is 5.02 Å². The van der Waals surface area contributed by atoms with Crippen LogP contribution in [-0.4, -0.2) is 32.4 Å². The Bertz CT molecular complexity index is 783. The lowest BCUT2D eigenvalue weighted by molar-refractivity contribution is 0.271. The van der Waals surface area contributed by atoms with Crippen LogP contribution in [-0.2, 0) is 0 Å². The molecule has 0 fully saturated rings. The smallest absolute Gasteiger partial charge is 0.154 e. The molecule has 3 rings (SSSR count). The summed E-state index contributed by atoms with van der Waals surface area (Å²) in [5.41, 5.74) is 2.59. The van der Waals surface area contributed by atoms with Crippen LogP contribution in [0.15, 0.2) is 42.6 Å². The monoisotopic (exact) mass is 316 g/mol. The molecule has 3 aromatic rings. The largest absolute Gasteiger partial charge is 0.394 e. The number of rotatable bonds is 5. The number of aliphatic hydroxyl groups excluding tert-OH is 1. The Morgan fingerprint density at radius 3 is 2.91 bits per heavy atom. The molecular formula is C16H17ClN4O. The fraction of sp³-hybridized carbons (Fsp3) is 0.250. The highest BCUT2D eigenvalue weighted by Gasteiger charge is 2.10. The Balaban J connectivity index is 2.02. The maximum absolute atomic E-state index is 9.30. The van der Waals surface area contributed by atoms with Crippen LogP contribution in [0.5, 0.6) is 0 Å². The van der Waals surface area contributed by atoms with Crippen molar-refractivity contribution in [2.45, 2.75) is 19.4 Å². The summed E-state index contributed by atoms with van der Waals surface area (Å²) in [5.74, 6) is 0.703. The molecule has 0 saturated carbocycles. The molecular weight excluding hydrogens is 300 g/mol. The number of fused-ring (bicyclic) bond motifs is 1. The number of aromatic nitrogens is 3. The van der Waals surface area contributed by atoms with E-state index >= 15 is 0 Å². The minimum atomic E-state index is -0.0110. The van der Waals surface area contributed by atoms with Gasteiger partial charge in [-0.3, -0.25) is 0 Å². The Labute approximate surface area is 133 Å². The fourth-order valence-corrected chi connectivity index (χ4v) is 2.47. The zero-order valence-corrected chi connectivity index (χ0v) is 13.0. The molecule has 6 heteroatoms. The van der Waals surface area contributed by atoms with Crippen molar-refractivity contribution in [3.63, 3.8) is 0 Å². The first-order chi connectivity index (χ1) is 10.7. The highest BCUT2D eigenvalue weighted by molar-refractivity contribution is 6.30. The normalized spacial score (nSPS) is 12.5. The molecule has 0 radical (unpaired) electrons. The SMILES string of the molecule is CCC(CO)Nc1ccc2ncc(-c3cccc(Cl)c3)n2n1. The highest BCUT2D eigenvalue weighted by Crippen LogP contribution is 2.23. The summed E-state index contributed by atoms with van der Waals surface area (Å²) in [7, 11) is 0. The molecule has 0 saturated heterocycles. The number of nitrogens with one attached hydrogen (secondary N) is 1. The lowest BCUT2D eigenvalue weighted by Gasteiger charge is -2.14. The summed E-state index contributed by atoms with van der Waals surface area (Å²) in [6.45, 7) is 2.09. The van der Waals surface area contributed by atoms with Gasteiger partial charge in [-0.25, -0.2) is 9.50 Å². The van der Waals surface area contributed by atoms with Gasteiger partial charge in [-0.1, -0.05) is 30.7 Å². The lowest BCUT2D eigenvalue weighted by Crippen LogP contribution is -2.23. The van der Waals surface area contributed by atoms with Crippen LogP contribution in [0.3, 0.4) is 0 Å². The van der Waals surface area contributed by atoms with Gasteiger partial charge in [0.2, 0.25) is 0 Å². The Morgan fingerprint density at radius 2 is 2.18 bits per heavy atom. The van der Waals surface area contributed by atoms with E-state index in [9.17, 15) is 5.11 Å². The van der Waals surface area contributed by atoms with E-state index in [0.29, 0.717) is 10.8 Å². The van der Waals surface area contributed by atoms with Gasteiger partial charge in [-0.15, -0.1) is 5.10 Å². The van der Waals surface area contributed by atoms with E-state index in [4.69, 9.17) is 11.6 Å². The number of halogens is 1. The highest BCUT2D eigenvalue weighted by atomic mass is 35.5. The van der Waals surface area contributed by atoms with Crippen LogP contribution in [0.1, 0.15) is 13.3 Å². The Hall–Kier alpha value is -2.11. The molecule has 114 valence electrons. The standard InChI is InChI=1S/C16H17ClN4O/c1-2-13(10-22)19-15-6-7-16-18-9-14(21(16)20-15)11-4-3-5-12(17)8-11/h3-9,13,22H,2,10H2,1H3,(H,19,20). The number of imidazole rings is 1. The third-order valence-corrected chi connectivity index (χ3v) is 3.78. The van der Waals surface area contributed by atoms with Gasteiger partial charge in [-0.05, 0) is 30.7 Å². The molecule has 5 nitrogen and oxygen atoms in total. The van der Waals surface area contributed by atoms with Crippen molar-refractivity contribution in [3.8, 4) is 11.3 Å². The van der Waals surface area contributed by atoms with Crippen molar-refractivity contribution in [3.05, 3.63) is 47.6 Å². The second kappa shape index (κ2) is 6.34. The average molecular weight is 317 g/mol. The summed E-state index contributed by atoms with van der Waals surface area (Å²) in [4.78, 5) is 4.37. The summed E-state index contributed by atoms with van der Waals surface area (Å²) in [6.07, 6.45) is 2.60. The first kappa shape index (κ1) is 14.8. The van der Waals surface area contributed by atoms with E-state index in [1.54, 1.807) is 10.7 Å². The number of nitrogens with zero attached hydrogens (tertiary/aromatic N) is 3. The molecule has 1 atom stereocenters. The maximum atomic E-state index is 9.30. The number of hydrogen-bond acceptors (Lipinski definition) is 4. The van der Waals surface area contributed by atoms with E-state index in [0.717, 1.165) is 23.3 Å². The second-order valence-corrected chi connectivity index (χ2v) is 5.51. The van der Waals surface area contributed by atoms with E-state index in [2.05, 4.69) is 15.4 Å². The fourth-order valence-electron chi connectivity index (χ4n) is 2.28. The summed E-state index contributed by atoms with van der Waals surface area (Å²) >= 11 is 6.06. The van der Waals surface area contributed by atoms with Gasteiger partial charge in [0.1, 0.15) is 5.82 Å². The molecule has 2 aromatic heterocycles. The van der Waals surface area contributed by atoms with E-state index in [1.807, 2.05) is 43.3 Å². The summed E-state index contributed by atoms with van der Waals surface area (Å²) in [5, 5.41) is 17.8. The molecule has 0 spiro atoms. The molecule has 2 N–H and O–H groups in total. The molecule has 0 aliphatic heterocycles. The third kappa shape index (κ3) is 2.91. The van der Waals surface area contributed by atoms with Gasteiger partial charge >= 0.3 is 0 Å². The van der Waals surface area contributed by atoms with Crippen molar-refractivity contribution >= 4 is 23.1 Å². The van der Waals surface area contributed by atoms with E-state index in [-0.39, 0.29) is 12.6 Å². The maximum Gasteiger partial charge on any atom is 0.154 e. The number of anilines is 1. The predicted octanol–water partition coefficient (Wildman–Crippen LogP) is 3.23. The second-order valence-electron chi connectivity index (χ2n) is 5.07. The first-order valence-corrected chi connectivity index (χ1v) is 7.57. The van der Waals surface area contributed by atoms with Crippen LogP contribution in [0.25, 0.3) is 16.9 Å². The summed E-state index contributed by atoms with van der Waals surface area (Å²) in [6, 6.07) is 11.3. The van der Waals surface area contributed by atoms with Crippen molar-refractivity contribution < 1.29 is 5.11 Å². The van der Waals surface area contributed by atoms with Gasteiger partial charge in [0.25, 0.3) is 0 Å². The van der Waals surface area contributed by atoms with Crippen molar-refractivity contribution in [1.82, 2.24) is 14.6 Å². The third-order valence-electron chi connectivity index (χ3n) is 3.55. The average Bonchev–Trinajstić information content (AvgIpc) is 2.95. The lowest BCUT2D eigenvalue weighted by atomic mass is 10.2. The van der Waals surface area contributed by atoms with Crippen molar-refractivity contribution in [2.24, 2.45) is 0 Å². The zero-order chi connectivity index (χ0) is 15.5. The molecule has 0 amide bonds. The van der Waals surface area contributed by atoms with Crippen LogP contribution >= 0.6 is 11.6 Å². The topological polar surface area (TPSA) is 62.5 Å². The van der Waals surface area contributed by atoms with Crippen LogP contribution < -0.4 is 5.32 Å². The molecule has 1 unspecified atom stereocenters. The molecule has 22 heavy (non-hydrogen) atoms. The van der Waals surface area contributed by atoms with Gasteiger partial charge in [0, 0.05) is 10.6 Å². The summed E-state index contributed by atoms with van der Waals surface area (Å²) < 4.78 is 1.78. The quantitative estimate of drug-likeness (QED) is 0.758. The molecule has 1 aromatic carbocycles. The minimum Gasteiger partial charge on any atom is -0.394 e. The molecule has 0 bridgehead atoms. The van der Waals surface area contributed by atoms with Gasteiger partial charge in [-0.2, -0.15) is 0 Å².